The SMILES string of the molecule is CSC1CCCC1Nc1ncccn1. The molecule has 1 aromatic rings. The van der Waals surface area contributed by atoms with E-state index < -0.39 is 0 Å². The van der Waals surface area contributed by atoms with Gasteiger partial charge < -0.3 is 5.32 Å². The van der Waals surface area contributed by atoms with Gasteiger partial charge in [0, 0.05) is 23.7 Å². The van der Waals surface area contributed by atoms with Crippen LogP contribution in [0.1, 0.15) is 19.3 Å². The standard InChI is InChI=1S/C10H15N3S/c1-14-9-5-2-4-8(9)13-10-11-6-3-7-12-10/h3,6-9H,2,4-5H2,1H3,(H,11,12,13). The maximum atomic E-state index is 4.18. The molecule has 0 aromatic carbocycles. The van der Waals surface area contributed by atoms with Gasteiger partial charge in [-0.2, -0.15) is 11.8 Å². The fourth-order valence-corrected chi connectivity index (χ4v) is 2.85. The first kappa shape index (κ1) is 9.77. The van der Waals surface area contributed by atoms with E-state index in [9.17, 15) is 0 Å². The second kappa shape index (κ2) is 4.64. The Hall–Kier alpha value is -0.770. The number of nitrogens with one attached hydrogen (secondary N) is 1. The van der Waals surface area contributed by atoms with Crippen LogP contribution in [0.15, 0.2) is 18.5 Å². The van der Waals surface area contributed by atoms with Crippen molar-refractivity contribution in [3.05, 3.63) is 18.5 Å². The molecule has 0 spiro atoms. The van der Waals surface area contributed by atoms with E-state index >= 15 is 0 Å². The lowest BCUT2D eigenvalue weighted by atomic mass is 10.2. The highest BCUT2D eigenvalue weighted by atomic mass is 32.2. The molecule has 1 saturated carbocycles. The lowest BCUT2D eigenvalue weighted by Crippen LogP contribution is -2.26. The van der Waals surface area contributed by atoms with E-state index in [0.29, 0.717) is 6.04 Å². The van der Waals surface area contributed by atoms with Crippen molar-refractivity contribution >= 4 is 17.7 Å². The van der Waals surface area contributed by atoms with Crippen molar-refractivity contribution in [3.8, 4) is 0 Å². The number of thioether (sulfide) groups is 1. The highest BCUT2D eigenvalue weighted by molar-refractivity contribution is 7.99. The maximum Gasteiger partial charge on any atom is 0.222 e. The van der Waals surface area contributed by atoms with Crippen molar-refractivity contribution in [2.24, 2.45) is 0 Å². The summed E-state index contributed by atoms with van der Waals surface area (Å²) in [6, 6.07) is 2.39. The zero-order valence-corrected chi connectivity index (χ0v) is 9.13. The van der Waals surface area contributed by atoms with Crippen LogP contribution >= 0.6 is 11.8 Å². The highest BCUT2D eigenvalue weighted by Gasteiger charge is 2.26. The van der Waals surface area contributed by atoms with Gasteiger partial charge in [-0.1, -0.05) is 6.42 Å². The van der Waals surface area contributed by atoms with Gasteiger partial charge in [-0.25, -0.2) is 9.97 Å². The molecule has 1 aliphatic rings. The first-order chi connectivity index (χ1) is 6.90. The molecule has 2 unspecified atom stereocenters. The van der Waals surface area contributed by atoms with Gasteiger partial charge in [0.1, 0.15) is 0 Å². The zero-order valence-electron chi connectivity index (χ0n) is 8.31. The summed E-state index contributed by atoms with van der Waals surface area (Å²) in [6.07, 6.45) is 9.60. The number of hydrogen-bond acceptors (Lipinski definition) is 4. The van der Waals surface area contributed by atoms with Crippen LogP contribution < -0.4 is 5.32 Å². The van der Waals surface area contributed by atoms with Crippen molar-refractivity contribution in [2.75, 3.05) is 11.6 Å². The number of aromatic nitrogens is 2. The molecule has 1 heterocycles. The average Bonchev–Trinajstić information content (AvgIpc) is 2.67. The largest absolute Gasteiger partial charge is 0.350 e. The lowest BCUT2D eigenvalue weighted by Gasteiger charge is -2.18. The van der Waals surface area contributed by atoms with Crippen LogP contribution in [0.4, 0.5) is 5.95 Å². The second-order valence-electron chi connectivity index (χ2n) is 3.53. The van der Waals surface area contributed by atoms with Gasteiger partial charge in [-0.3, -0.25) is 0 Å². The molecule has 0 saturated heterocycles. The molecule has 0 amide bonds. The summed E-state index contributed by atoms with van der Waals surface area (Å²) in [7, 11) is 0. The Bertz CT molecular complexity index is 278. The van der Waals surface area contributed by atoms with E-state index in [0.717, 1.165) is 11.2 Å². The molecule has 1 N–H and O–H groups in total. The molecule has 1 aromatic heterocycles. The Morgan fingerprint density at radius 1 is 1.36 bits per heavy atom. The predicted octanol–water partition coefficient (Wildman–Crippen LogP) is 2.17. The molecule has 1 fully saturated rings. The minimum Gasteiger partial charge on any atom is -0.350 e. The Kier molecular flexibility index (Phi) is 3.24. The van der Waals surface area contributed by atoms with E-state index in [1.54, 1.807) is 12.4 Å². The third kappa shape index (κ3) is 2.18. The molecule has 4 heteroatoms. The summed E-state index contributed by atoms with van der Waals surface area (Å²) in [6.45, 7) is 0. The molecular weight excluding hydrogens is 194 g/mol. The molecular formula is C10H15N3S. The number of anilines is 1. The smallest absolute Gasteiger partial charge is 0.222 e. The second-order valence-corrected chi connectivity index (χ2v) is 4.61. The minimum absolute atomic E-state index is 0.549. The zero-order chi connectivity index (χ0) is 9.80. The molecule has 14 heavy (non-hydrogen) atoms. The van der Waals surface area contributed by atoms with Crippen molar-refractivity contribution < 1.29 is 0 Å². The minimum atomic E-state index is 0.549. The van der Waals surface area contributed by atoms with Crippen LogP contribution in [0.5, 0.6) is 0 Å². The predicted molar refractivity (Wildman–Crippen MR) is 60.6 cm³/mol. The van der Waals surface area contributed by atoms with Crippen molar-refractivity contribution in [3.63, 3.8) is 0 Å². The third-order valence-corrected chi connectivity index (χ3v) is 3.81. The van der Waals surface area contributed by atoms with E-state index in [1.807, 2.05) is 17.8 Å². The van der Waals surface area contributed by atoms with Crippen LogP contribution in [0.3, 0.4) is 0 Å². The highest BCUT2D eigenvalue weighted by Crippen LogP contribution is 2.29. The summed E-state index contributed by atoms with van der Waals surface area (Å²) < 4.78 is 0. The van der Waals surface area contributed by atoms with Crippen LogP contribution in [0, 0.1) is 0 Å². The van der Waals surface area contributed by atoms with Gasteiger partial charge >= 0.3 is 0 Å². The normalized spacial score (nSPS) is 26.4. The maximum absolute atomic E-state index is 4.18. The van der Waals surface area contributed by atoms with Gasteiger partial charge in [0.25, 0.3) is 0 Å². The monoisotopic (exact) mass is 209 g/mol. The summed E-state index contributed by atoms with van der Waals surface area (Å²) in [5.74, 6) is 0.762. The van der Waals surface area contributed by atoms with Gasteiger partial charge in [-0.05, 0) is 25.2 Å². The van der Waals surface area contributed by atoms with E-state index in [-0.39, 0.29) is 0 Å². The van der Waals surface area contributed by atoms with E-state index in [2.05, 4.69) is 21.5 Å². The molecule has 76 valence electrons. The van der Waals surface area contributed by atoms with Crippen molar-refractivity contribution in [2.45, 2.75) is 30.6 Å². The Morgan fingerprint density at radius 2 is 2.14 bits per heavy atom. The van der Waals surface area contributed by atoms with Gasteiger partial charge in [0.2, 0.25) is 5.95 Å². The van der Waals surface area contributed by atoms with Crippen LogP contribution in [0.25, 0.3) is 0 Å². The van der Waals surface area contributed by atoms with E-state index in [4.69, 9.17) is 0 Å². The van der Waals surface area contributed by atoms with Crippen molar-refractivity contribution in [1.82, 2.24) is 9.97 Å². The van der Waals surface area contributed by atoms with Gasteiger partial charge in [0.05, 0.1) is 0 Å². The summed E-state index contributed by atoms with van der Waals surface area (Å²) >= 11 is 1.94. The third-order valence-electron chi connectivity index (χ3n) is 2.64. The molecule has 0 radical (unpaired) electrons. The number of rotatable bonds is 3. The Balaban J connectivity index is 1.97. The summed E-state index contributed by atoms with van der Waals surface area (Å²) in [5, 5.41) is 4.12. The number of hydrogen-bond donors (Lipinski definition) is 1. The topological polar surface area (TPSA) is 37.8 Å². The van der Waals surface area contributed by atoms with E-state index in [1.165, 1.54) is 19.3 Å². The van der Waals surface area contributed by atoms with Crippen LogP contribution in [-0.2, 0) is 0 Å². The molecule has 2 atom stereocenters. The molecule has 0 bridgehead atoms. The van der Waals surface area contributed by atoms with Crippen molar-refractivity contribution in [1.29, 1.82) is 0 Å². The molecule has 1 aliphatic carbocycles. The fourth-order valence-electron chi connectivity index (χ4n) is 1.91. The molecule has 3 nitrogen and oxygen atoms in total. The summed E-state index contributed by atoms with van der Waals surface area (Å²) in [4.78, 5) is 8.36. The molecule has 2 rings (SSSR count). The first-order valence-electron chi connectivity index (χ1n) is 4.96. The van der Waals surface area contributed by atoms with Crippen LogP contribution in [0.2, 0.25) is 0 Å². The molecule has 0 aliphatic heterocycles. The number of nitrogens with zero attached hydrogens (tertiary/aromatic N) is 2. The van der Waals surface area contributed by atoms with Gasteiger partial charge in [-0.15, -0.1) is 0 Å². The van der Waals surface area contributed by atoms with Crippen LogP contribution in [-0.4, -0.2) is 27.5 Å². The first-order valence-corrected chi connectivity index (χ1v) is 6.25. The Morgan fingerprint density at radius 3 is 2.86 bits per heavy atom. The summed E-state index contributed by atoms with van der Waals surface area (Å²) in [5.41, 5.74) is 0. The Labute approximate surface area is 88.7 Å². The fraction of sp³-hybridized carbons (Fsp3) is 0.600. The lowest BCUT2D eigenvalue weighted by molar-refractivity contribution is 0.756. The van der Waals surface area contributed by atoms with Gasteiger partial charge in [0.15, 0.2) is 0 Å². The quantitative estimate of drug-likeness (QED) is 0.828. The average molecular weight is 209 g/mol.